The Labute approximate surface area is 138 Å². The number of hydrogen-bond donors (Lipinski definition) is 3. The summed E-state index contributed by atoms with van der Waals surface area (Å²) in [6.07, 6.45) is 2.29. The maximum absolute atomic E-state index is 12.4. The van der Waals surface area contributed by atoms with E-state index in [-0.39, 0.29) is 29.9 Å². The highest BCUT2D eigenvalue weighted by atomic mass is 16.5. The summed E-state index contributed by atoms with van der Waals surface area (Å²) in [5.74, 6) is 0.436. The third-order valence-corrected chi connectivity index (χ3v) is 4.64. The number of fused-ring (bicyclic) bond motifs is 4. The number of phenols is 1. The van der Waals surface area contributed by atoms with Gasteiger partial charge >= 0.3 is 0 Å². The number of aromatic nitrogens is 1. The van der Waals surface area contributed by atoms with Crippen LogP contribution < -0.4 is 5.32 Å². The van der Waals surface area contributed by atoms with E-state index < -0.39 is 0 Å². The molecule has 2 bridgehead atoms. The number of nitrogens with one attached hydrogen (secondary N) is 1. The van der Waals surface area contributed by atoms with E-state index in [1.54, 1.807) is 6.07 Å². The maximum Gasteiger partial charge on any atom is 0.290 e. The van der Waals surface area contributed by atoms with Crippen molar-refractivity contribution >= 4 is 23.3 Å². The Bertz CT molecular complexity index is 736. The first-order valence-electron chi connectivity index (χ1n) is 7.82. The molecule has 24 heavy (non-hydrogen) atoms. The van der Waals surface area contributed by atoms with Crippen molar-refractivity contribution in [2.45, 2.75) is 18.9 Å². The molecule has 5 rings (SSSR count). The molecule has 0 aliphatic carbocycles. The number of hydrogen-bond acceptors (Lipinski definition) is 6. The second-order valence-electron chi connectivity index (χ2n) is 6.04. The van der Waals surface area contributed by atoms with Gasteiger partial charge in [-0.25, -0.2) is 0 Å². The number of rotatable bonds is 2. The highest BCUT2D eigenvalue weighted by molar-refractivity contribution is 6.04. The smallest absolute Gasteiger partial charge is 0.290 e. The van der Waals surface area contributed by atoms with Gasteiger partial charge in [0.05, 0.1) is 5.39 Å². The first-order valence-corrected chi connectivity index (χ1v) is 7.82. The van der Waals surface area contributed by atoms with E-state index in [1.165, 1.54) is 12.1 Å². The lowest BCUT2D eigenvalue weighted by Gasteiger charge is -2.44. The molecule has 3 fully saturated rings. The summed E-state index contributed by atoms with van der Waals surface area (Å²) in [6, 6.07) is 4.83. The van der Waals surface area contributed by atoms with Crippen LogP contribution in [0.25, 0.3) is 11.0 Å². The van der Waals surface area contributed by atoms with Gasteiger partial charge in [-0.05, 0) is 50.0 Å². The SMILES string of the molecule is O=C(N[C@@H]1CN2CCC1CC2)c1noc2ccc(O)cc12.O=CO. The molecule has 0 saturated carbocycles. The normalized spacial score (nSPS) is 24.9. The number of carbonyl (C=O) groups is 2. The largest absolute Gasteiger partial charge is 0.508 e. The predicted molar refractivity (Wildman–Crippen MR) is 84.8 cm³/mol. The molecule has 0 radical (unpaired) electrons. The number of aromatic hydroxyl groups is 1. The van der Waals surface area contributed by atoms with Crippen LogP contribution in [-0.4, -0.2) is 58.3 Å². The van der Waals surface area contributed by atoms with Gasteiger partial charge in [0.1, 0.15) is 5.75 Å². The molecule has 128 valence electrons. The van der Waals surface area contributed by atoms with Crippen LogP contribution in [-0.2, 0) is 4.79 Å². The number of carbonyl (C=O) groups excluding carboxylic acids is 1. The quantitative estimate of drug-likeness (QED) is 0.704. The van der Waals surface area contributed by atoms with Gasteiger partial charge in [-0.1, -0.05) is 5.16 Å². The molecule has 1 aromatic heterocycles. The van der Waals surface area contributed by atoms with Gasteiger partial charge in [-0.2, -0.15) is 0 Å². The van der Waals surface area contributed by atoms with Crippen LogP contribution in [0.3, 0.4) is 0 Å². The van der Waals surface area contributed by atoms with Gasteiger partial charge in [0.25, 0.3) is 12.4 Å². The van der Waals surface area contributed by atoms with Crippen LogP contribution in [0.15, 0.2) is 22.7 Å². The topological polar surface area (TPSA) is 116 Å². The Hall–Kier alpha value is -2.61. The lowest BCUT2D eigenvalue weighted by Crippen LogP contribution is -2.57. The molecule has 3 aliphatic rings. The summed E-state index contributed by atoms with van der Waals surface area (Å²) in [7, 11) is 0. The summed E-state index contributed by atoms with van der Waals surface area (Å²) >= 11 is 0. The molecule has 3 saturated heterocycles. The van der Waals surface area contributed by atoms with Crippen molar-refractivity contribution in [1.29, 1.82) is 0 Å². The summed E-state index contributed by atoms with van der Waals surface area (Å²) in [4.78, 5) is 23.2. The molecule has 1 aromatic carbocycles. The molecule has 3 aliphatic heterocycles. The van der Waals surface area contributed by atoms with Crippen LogP contribution in [0.4, 0.5) is 0 Å². The molecule has 4 heterocycles. The average molecular weight is 333 g/mol. The lowest BCUT2D eigenvalue weighted by atomic mass is 9.84. The number of phenolic OH excluding ortho intramolecular Hbond substituents is 1. The van der Waals surface area contributed by atoms with Gasteiger partial charge in [0.2, 0.25) is 0 Å². The fourth-order valence-electron chi connectivity index (χ4n) is 3.46. The zero-order valence-corrected chi connectivity index (χ0v) is 13.0. The van der Waals surface area contributed by atoms with Crippen LogP contribution in [0, 0.1) is 5.92 Å². The third-order valence-electron chi connectivity index (χ3n) is 4.64. The third kappa shape index (κ3) is 3.18. The molecule has 2 aromatic rings. The minimum atomic E-state index is -0.250. The Morgan fingerprint density at radius 1 is 1.38 bits per heavy atom. The van der Waals surface area contributed by atoms with Crippen molar-refractivity contribution < 1.29 is 24.3 Å². The summed E-state index contributed by atoms with van der Waals surface area (Å²) in [5, 5.41) is 23.9. The Kier molecular flexibility index (Phi) is 4.66. The van der Waals surface area contributed by atoms with E-state index in [2.05, 4.69) is 15.4 Å². The highest BCUT2D eigenvalue weighted by Gasteiger charge is 2.35. The molecule has 3 N–H and O–H groups in total. The summed E-state index contributed by atoms with van der Waals surface area (Å²) < 4.78 is 5.14. The number of nitrogens with zero attached hydrogens (tertiary/aromatic N) is 2. The van der Waals surface area contributed by atoms with Gasteiger partial charge < -0.3 is 25.0 Å². The van der Waals surface area contributed by atoms with Gasteiger partial charge in [0, 0.05) is 12.6 Å². The highest BCUT2D eigenvalue weighted by Crippen LogP contribution is 2.28. The Morgan fingerprint density at radius 2 is 2.08 bits per heavy atom. The van der Waals surface area contributed by atoms with Crippen LogP contribution >= 0.6 is 0 Å². The summed E-state index contributed by atoms with van der Waals surface area (Å²) in [6.45, 7) is 2.94. The van der Waals surface area contributed by atoms with Crippen LogP contribution in [0.1, 0.15) is 23.3 Å². The minimum absolute atomic E-state index is 0.0996. The van der Waals surface area contributed by atoms with E-state index in [9.17, 15) is 9.90 Å². The van der Waals surface area contributed by atoms with Gasteiger partial charge in [0.15, 0.2) is 11.3 Å². The van der Waals surface area contributed by atoms with Gasteiger partial charge in [-0.3, -0.25) is 9.59 Å². The first kappa shape index (κ1) is 16.3. The van der Waals surface area contributed by atoms with E-state index in [0.29, 0.717) is 16.9 Å². The zero-order chi connectivity index (χ0) is 17.1. The van der Waals surface area contributed by atoms with E-state index in [4.69, 9.17) is 14.4 Å². The van der Waals surface area contributed by atoms with Crippen molar-refractivity contribution in [3.05, 3.63) is 23.9 Å². The van der Waals surface area contributed by atoms with E-state index in [1.807, 2.05) is 0 Å². The van der Waals surface area contributed by atoms with Crippen molar-refractivity contribution in [3.63, 3.8) is 0 Å². The van der Waals surface area contributed by atoms with Crippen LogP contribution in [0.2, 0.25) is 0 Å². The number of carboxylic acid groups (broad SMARTS) is 1. The van der Waals surface area contributed by atoms with Crippen molar-refractivity contribution in [2.24, 2.45) is 5.92 Å². The van der Waals surface area contributed by atoms with Crippen molar-refractivity contribution in [1.82, 2.24) is 15.4 Å². The standard InChI is InChI=1S/C15H17N3O3.CH2O2/c19-10-1-2-13-11(7-10)14(17-21-13)15(20)16-12-8-18-5-3-9(12)4-6-18;2-1-3/h1-2,7,9,12,19H,3-6,8H2,(H,16,20);1H,(H,2,3)/t12-;/m1./s1. The molecular formula is C16H19N3O5. The molecule has 0 spiro atoms. The van der Waals surface area contributed by atoms with Gasteiger partial charge in [-0.15, -0.1) is 0 Å². The Balaban J connectivity index is 0.000000526. The average Bonchev–Trinajstić information content (AvgIpc) is 3.00. The monoisotopic (exact) mass is 333 g/mol. The maximum atomic E-state index is 12.4. The minimum Gasteiger partial charge on any atom is -0.508 e. The summed E-state index contributed by atoms with van der Waals surface area (Å²) in [5.41, 5.74) is 0.754. The molecular weight excluding hydrogens is 314 g/mol. The number of amides is 1. The molecule has 8 heteroatoms. The fraction of sp³-hybridized carbons (Fsp3) is 0.438. The van der Waals surface area contributed by atoms with Crippen molar-refractivity contribution in [3.8, 4) is 5.75 Å². The fourth-order valence-corrected chi connectivity index (χ4v) is 3.46. The Morgan fingerprint density at radius 3 is 2.71 bits per heavy atom. The first-order chi connectivity index (χ1) is 11.6. The van der Waals surface area contributed by atoms with Crippen LogP contribution in [0.5, 0.6) is 5.75 Å². The van der Waals surface area contributed by atoms with E-state index >= 15 is 0 Å². The number of piperidine rings is 3. The number of benzene rings is 1. The second-order valence-corrected chi connectivity index (χ2v) is 6.04. The zero-order valence-electron chi connectivity index (χ0n) is 13.0. The molecule has 1 atom stereocenters. The van der Waals surface area contributed by atoms with E-state index in [0.717, 1.165) is 32.5 Å². The molecule has 0 unspecified atom stereocenters. The lowest BCUT2D eigenvalue weighted by molar-refractivity contribution is -0.122. The molecule has 1 amide bonds. The second kappa shape index (κ2) is 6.88. The predicted octanol–water partition coefficient (Wildman–Crippen LogP) is 1.06. The van der Waals surface area contributed by atoms with Crippen molar-refractivity contribution in [2.75, 3.05) is 19.6 Å². The molecule has 8 nitrogen and oxygen atoms in total.